The number of ether oxygens (including phenoxy) is 2. The summed E-state index contributed by atoms with van der Waals surface area (Å²) in [6.07, 6.45) is 0.355. The van der Waals surface area contributed by atoms with Crippen molar-refractivity contribution >= 4 is 15.2 Å². The highest BCUT2D eigenvalue weighted by molar-refractivity contribution is 7.16. The molecule has 4 heteroatoms. The van der Waals surface area contributed by atoms with Crippen LogP contribution < -0.4 is 0 Å². The molecule has 0 aromatic carbocycles. The normalized spacial score (nSPS) is 8.22. The van der Waals surface area contributed by atoms with Gasteiger partial charge >= 0.3 is 5.97 Å². The minimum Gasteiger partial charge on any atom is -0.483 e. The van der Waals surface area contributed by atoms with Gasteiger partial charge in [0.05, 0.1) is 7.11 Å². The van der Waals surface area contributed by atoms with Gasteiger partial charge in [-0.3, -0.25) is 0 Å². The molecular weight excluding hydrogens is 139 g/mol. The molecular formula is C5H9O3P. The summed E-state index contributed by atoms with van der Waals surface area (Å²) in [4.78, 5) is 10.4. The lowest BCUT2D eigenvalue weighted by molar-refractivity contribution is -0.139. The quantitative estimate of drug-likeness (QED) is 0.253. The van der Waals surface area contributed by atoms with Crippen molar-refractivity contribution in [3.63, 3.8) is 0 Å². The highest BCUT2D eigenvalue weighted by Crippen LogP contribution is 1.97. The Balaban J connectivity index is 3.60. The molecule has 52 valence electrons. The van der Waals surface area contributed by atoms with Crippen LogP contribution in [0.4, 0.5) is 0 Å². The minimum absolute atomic E-state index is 0.0347. The summed E-state index contributed by atoms with van der Waals surface area (Å²) in [5, 5.41) is 0. The third-order valence-corrected chi connectivity index (χ3v) is 0.837. The molecule has 9 heavy (non-hydrogen) atoms. The van der Waals surface area contributed by atoms with Crippen molar-refractivity contribution in [1.82, 2.24) is 0 Å². The highest BCUT2D eigenvalue weighted by Gasteiger charge is 2.04. The van der Waals surface area contributed by atoms with Gasteiger partial charge < -0.3 is 9.47 Å². The fraction of sp³-hybridized carbons (Fsp3) is 0.400. The molecule has 0 saturated carbocycles. The first-order chi connectivity index (χ1) is 4.22. The molecule has 0 N–H and O–H groups in total. The fourth-order valence-electron chi connectivity index (χ4n) is 0.273. The number of carbonyl (C=O) groups is 1. The number of methoxy groups -OCH3 is 1. The first-order valence-corrected chi connectivity index (χ1v) is 3.14. The van der Waals surface area contributed by atoms with Gasteiger partial charge in [-0.1, -0.05) is 9.24 Å². The lowest BCUT2D eigenvalue weighted by atomic mass is 10.6. The van der Waals surface area contributed by atoms with Crippen molar-refractivity contribution in [1.29, 1.82) is 0 Å². The lowest BCUT2D eigenvalue weighted by Crippen LogP contribution is -2.05. The molecule has 0 fully saturated rings. The summed E-state index contributed by atoms with van der Waals surface area (Å²) < 4.78 is 8.98. The molecule has 0 aromatic heterocycles. The van der Waals surface area contributed by atoms with Crippen LogP contribution in [0.1, 0.15) is 0 Å². The van der Waals surface area contributed by atoms with Gasteiger partial charge in [0.25, 0.3) is 0 Å². The minimum atomic E-state index is -0.530. The van der Waals surface area contributed by atoms with Crippen molar-refractivity contribution < 1.29 is 14.3 Å². The first-order valence-electron chi connectivity index (χ1n) is 2.32. The zero-order chi connectivity index (χ0) is 7.28. The van der Waals surface area contributed by atoms with Crippen molar-refractivity contribution in [2.45, 2.75) is 0 Å². The molecule has 0 amide bonds. The molecule has 0 aromatic rings. The summed E-state index contributed by atoms with van der Waals surface area (Å²) in [7, 11) is 3.58. The first kappa shape index (κ1) is 8.44. The second-order valence-corrected chi connectivity index (χ2v) is 1.56. The Kier molecular flexibility index (Phi) is 4.06. The van der Waals surface area contributed by atoms with Crippen LogP contribution in [0, 0.1) is 0 Å². The molecule has 0 heterocycles. The lowest BCUT2D eigenvalue weighted by Gasteiger charge is -2.01. The van der Waals surface area contributed by atoms with Gasteiger partial charge in [-0.15, -0.1) is 0 Å². The largest absolute Gasteiger partial charge is 0.483 e. The van der Waals surface area contributed by atoms with Gasteiger partial charge in [-0.05, 0) is 6.58 Å². The third-order valence-electron chi connectivity index (χ3n) is 0.671. The molecule has 0 saturated heterocycles. The van der Waals surface area contributed by atoms with Gasteiger partial charge in [-0.2, -0.15) is 0 Å². The van der Waals surface area contributed by atoms with E-state index in [0.717, 1.165) is 0 Å². The molecule has 3 nitrogen and oxygen atoms in total. The SMILES string of the molecule is C=C(OCP)C(=O)OC. The second-order valence-electron chi connectivity index (χ2n) is 1.23. The molecule has 0 aliphatic heterocycles. The van der Waals surface area contributed by atoms with Crippen LogP contribution in [-0.4, -0.2) is 19.4 Å². The van der Waals surface area contributed by atoms with E-state index in [2.05, 4.69) is 25.3 Å². The zero-order valence-corrected chi connectivity index (χ0v) is 6.37. The summed E-state index contributed by atoms with van der Waals surface area (Å²) in [5.74, 6) is -0.495. The van der Waals surface area contributed by atoms with Gasteiger partial charge in [0.15, 0.2) is 5.76 Å². The smallest absolute Gasteiger partial charge is 0.372 e. The van der Waals surface area contributed by atoms with E-state index in [1.54, 1.807) is 0 Å². The topological polar surface area (TPSA) is 35.5 Å². The average Bonchev–Trinajstić information content (AvgIpc) is 1.87. The standard InChI is InChI=1S/C5H9O3P/c1-4(8-3-9)5(6)7-2/h1,3,9H2,2H3. The summed E-state index contributed by atoms with van der Waals surface area (Å²) in [5.41, 5.74) is 0. The Morgan fingerprint density at radius 3 is 2.67 bits per heavy atom. The maximum Gasteiger partial charge on any atom is 0.372 e. The summed E-state index contributed by atoms with van der Waals surface area (Å²) >= 11 is 0. The Hall–Kier alpha value is -0.560. The third kappa shape index (κ3) is 3.09. The van der Waals surface area contributed by atoms with Crippen LogP contribution in [-0.2, 0) is 14.3 Å². The van der Waals surface area contributed by atoms with Gasteiger partial charge in [-0.25, -0.2) is 4.79 Å². The summed E-state index contributed by atoms with van der Waals surface area (Å²) in [6, 6.07) is 0. The van der Waals surface area contributed by atoms with Gasteiger partial charge in [0.2, 0.25) is 0 Å². The molecule has 0 radical (unpaired) electrons. The van der Waals surface area contributed by atoms with Crippen molar-refractivity contribution in [2.24, 2.45) is 0 Å². The van der Waals surface area contributed by atoms with E-state index in [1.165, 1.54) is 7.11 Å². The van der Waals surface area contributed by atoms with E-state index in [1.807, 2.05) is 0 Å². The fourth-order valence-corrected chi connectivity index (χ4v) is 0.475. The van der Waals surface area contributed by atoms with Gasteiger partial charge in [0, 0.05) is 0 Å². The van der Waals surface area contributed by atoms with Crippen LogP contribution in [0.5, 0.6) is 0 Å². The zero-order valence-electron chi connectivity index (χ0n) is 5.22. The molecule has 0 spiro atoms. The monoisotopic (exact) mass is 148 g/mol. The van der Waals surface area contributed by atoms with E-state index >= 15 is 0 Å². The molecule has 1 atom stereocenters. The Morgan fingerprint density at radius 1 is 1.78 bits per heavy atom. The Labute approximate surface area is 56.2 Å². The van der Waals surface area contributed by atoms with Crippen LogP contribution in [0.2, 0.25) is 0 Å². The Morgan fingerprint density at radius 2 is 2.33 bits per heavy atom. The highest BCUT2D eigenvalue weighted by atomic mass is 31.0. The average molecular weight is 148 g/mol. The van der Waals surface area contributed by atoms with Crippen LogP contribution in [0.15, 0.2) is 12.3 Å². The molecule has 1 unspecified atom stereocenters. The predicted octanol–water partition coefficient (Wildman–Crippen LogP) is 0.522. The van der Waals surface area contributed by atoms with Gasteiger partial charge in [0.1, 0.15) is 6.35 Å². The second kappa shape index (κ2) is 4.33. The van der Waals surface area contributed by atoms with E-state index in [0.29, 0.717) is 6.35 Å². The van der Waals surface area contributed by atoms with Crippen molar-refractivity contribution in [2.75, 3.05) is 13.5 Å². The van der Waals surface area contributed by atoms with Crippen molar-refractivity contribution in [3.8, 4) is 0 Å². The predicted molar refractivity (Wildman–Crippen MR) is 36.8 cm³/mol. The molecule has 0 bridgehead atoms. The van der Waals surface area contributed by atoms with E-state index in [-0.39, 0.29) is 5.76 Å². The maximum absolute atomic E-state index is 10.4. The number of carbonyl (C=O) groups excluding carboxylic acids is 1. The van der Waals surface area contributed by atoms with E-state index in [9.17, 15) is 4.79 Å². The summed E-state index contributed by atoms with van der Waals surface area (Å²) in [6.45, 7) is 3.31. The Bertz CT molecular complexity index is 121. The molecule has 0 aliphatic carbocycles. The van der Waals surface area contributed by atoms with Crippen molar-refractivity contribution in [3.05, 3.63) is 12.3 Å². The molecule has 0 aliphatic rings. The van der Waals surface area contributed by atoms with E-state index < -0.39 is 5.97 Å². The number of esters is 1. The maximum atomic E-state index is 10.4. The van der Waals surface area contributed by atoms with E-state index in [4.69, 9.17) is 0 Å². The van der Waals surface area contributed by atoms with Crippen LogP contribution in [0.25, 0.3) is 0 Å². The van der Waals surface area contributed by atoms with Crippen LogP contribution in [0.3, 0.4) is 0 Å². The number of hydrogen-bond donors (Lipinski definition) is 0. The number of hydrogen-bond acceptors (Lipinski definition) is 3. The van der Waals surface area contributed by atoms with Crippen LogP contribution >= 0.6 is 9.24 Å². The number of rotatable bonds is 3. The molecule has 0 rings (SSSR count).